The van der Waals surface area contributed by atoms with Gasteiger partial charge in [-0.1, -0.05) is 20.8 Å². The summed E-state index contributed by atoms with van der Waals surface area (Å²) in [6.45, 7) is 6.18. The van der Waals surface area contributed by atoms with E-state index in [0.29, 0.717) is 0 Å². The van der Waals surface area contributed by atoms with Crippen molar-refractivity contribution in [1.82, 2.24) is 4.98 Å². The topological polar surface area (TPSA) is 12.9 Å². The van der Waals surface area contributed by atoms with E-state index in [1.165, 1.54) is 0 Å². The molecule has 0 radical (unpaired) electrons. The fourth-order valence-electron chi connectivity index (χ4n) is 1.47. The Morgan fingerprint density at radius 3 is 2.50 bits per heavy atom. The van der Waals surface area contributed by atoms with Gasteiger partial charge in [-0.05, 0) is 12.8 Å². The van der Waals surface area contributed by atoms with Crippen molar-refractivity contribution in [2.45, 2.75) is 44.4 Å². The Hall–Kier alpha value is -0.440. The van der Waals surface area contributed by atoms with Crippen LogP contribution in [0.1, 0.15) is 44.3 Å². The first-order chi connectivity index (χ1) is 6.48. The lowest BCUT2D eigenvalue weighted by Gasteiger charge is -2.14. The fraction of sp³-hybridized carbons (Fsp3) is 0.727. The zero-order chi connectivity index (χ0) is 10.4. The standard InChI is InChI=1S/C11H16FNS/c1-10(2,3)9-13-8(6-14-9)11(7-12)4-5-11/h6H,4-5,7H2,1-3H3. The quantitative estimate of drug-likeness (QED) is 0.733. The highest BCUT2D eigenvalue weighted by Gasteiger charge is 2.46. The number of nitrogens with zero attached hydrogens (tertiary/aromatic N) is 1. The molecule has 2 rings (SSSR count). The summed E-state index contributed by atoms with van der Waals surface area (Å²) in [7, 11) is 0. The van der Waals surface area contributed by atoms with Crippen LogP contribution in [0, 0.1) is 0 Å². The molecule has 1 aromatic rings. The first-order valence-corrected chi connectivity index (χ1v) is 5.88. The molecule has 78 valence electrons. The third-order valence-corrected chi connectivity index (χ3v) is 4.07. The van der Waals surface area contributed by atoms with Gasteiger partial charge >= 0.3 is 0 Å². The van der Waals surface area contributed by atoms with Gasteiger partial charge in [0.25, 0.3) is 0 Å². The van der Waals surface area contributed by atoms with E-state index >= 15 is 0 Å². The maximum Gasteiger partial charge on any atom is 0.101 e. The monoisotopic (exact) mass is 213 g/mol. The summed E-state index contributed by atoms with van der Waals surface area (Å²) in [6.07, 6.45) is 1.94. The summed E-state index contributed by atoms with van der Waals surface area (Å²) in [6, 6.07) is 0. The maximum absolute atomic E-state index is 12.8. The van der Waals surface area contributed by atoms with Crippen molar-refractivity contribution in [2.75, 3.05) is 6.67 Å². The summed E-state index contributed by atoms with van der Waals surface area (Å²) in [5, 5.41) is 3.15. The normalized spacial score (nSPS) is 19.7. The lowest BCUT2D eigenvalue weighted by Crippen LogP contribution is -2.13. The van der Waals surface area contributed by atoms with Gasteiger partial charge in [0.1, 0.15) is 6.67 Å². The number of aromatic nitrogens is 1. The molecule has 1 saturated carbocycles. The van der Waals surface area contributed by atoms with Gasteiger partial charge in [-0.25, -0.2) is 4.98 Å². The maximum atomic E-state index is 12.8. The van der Waals surface area contributed by atoms with E-state index in [1.54, 1.807) is 11.3 Å². The third kappa shape index (κ3) is 1.58. The van der Waals surface area contributed by atoms with Crippen LogP contribution in [0.4, 0.5) is 4.39 Å². The molecule has 0 bridgehead atoms. The van der Waals surface area contributed by atoms with Gasteiger partial charge in [0, 0.05) is 16.2 Å². The molecule has 0 aliphatic heterocycles. The Morgan fingerprint density at radius 2 is 2.14 bits per heavy atom. The van der Waals surface area contributed by atoms with E-state index < -0.39 is 0 Å². The Bertz CT molecular complexity index is 333. The largest absolute Gasteiger partial charge is 0.250 e. The molecule has 0 saturated heterocycles. The lowest BCUT2D eigenvalue weighted by atomic mass is 9.98. The second-order valence-corrected chi connectivity index (χ2v) is 6.06. The van der Waals surface area contributed by atoms with Gasteiger partial charge in [-0.15, -0.1) is 11.3 Å². The molecule has 0 unspecified atom stereocenters. The van der Waals surface area contributed by atoms with Crippen molar-refractivity contribution in [3.63, 3.8) is 0 Å². The van der Waals surface area contributed by atoms with E-state index in [0.717, 1.165) is 23.5 Å². The molecule has 0 atom stereocenters. The van der Waals surface area contributed by atoms with Gasteiger partial charge in [0.05, 0.1) is 10.7 Å². The zero-order valence-corrected chi connectivity index (χ0v) is 9.75. The zero-order valence-electron chi connectivity index (χ0n) is 8.93. The summed E-state index contributed by atoms with van der Waals surface area (Å²) in [5.41, 5.74) is 0.880. The van der Waals surface area contributed by atoms with E-state index in [2.05, 4.69) is 25.8 Å². The molecule has 0 N–H and O–H groups in total. The second-order valence-electron chi connectivity index (χ2n) is 5.20. The molecule has 0 spiro atoms. The van der Waals surface area contributed by atoms with Crippen LogP contribution in [-0.4, -0.2) is 11.7 Å². The number of thiazole rings is 1. The molecule has 14 heavy (non-hydrogen) atoms. The van der Waals surface area contributed by atoms with Crippen LogP contribution < -0.4 is 0 Å². The second kappa shape index (κ2) is 3.02. The van der Waals surface area contributed by atoms with Crippen molar-refractivity contribution in [2.24, 2.45) is 0 Å². The van der Waals surface area contributed by atoms with E-state index in [9.17, 15) is 4.39 Å². The van der Waals surface area contributed by atoms with E-state index in [1.807, 2.05) is 5.38 Å². The van der Waals surface area contributed by atoms with Crippen LogP contribution in [0.25, 0.3) is 0 Å². The molecular weight excluding hydrogens is 197 g/mol. The minimum Gasteiger partial charge on any atom is -0.250 e. The van der Waals surface area contributed by atoms with Crippen LogP contribution in [0.2, 0.25) is 0 Å². The van der Waals surface area contributed by atoms with Gasteiger partial charge in [0.15, 0.2) is 0 Å². The van der Waals surface area contributed by atoms with Crippen molar-refractivity contribution >= 4 is 11.3 Å². The summed E-state index contributed by atoms with van der Waals surface area (Å²) < 4.78 is 12.8. The SMILES string of the molecule is CC(C)(C)c1nc(C2(CF)CC2)cs1. The number of rotatable bonds is 2. The summed E-state index contributed by atoms with van der Waals surface area (Å²) in [5.74, 6) is 0. The highest BCUT2D eigenvalue weighted by Crippen LogP contribution is 2.49. The van der Waals surface area contributed by atoms with Gasteiger partial charge in [0.2, 0.25) is 0 Å². The van der Waals surface area contributed by atoms with Crippen LogP contribution in [0.3, 0.4) is 0 Å². The number of halogens is 1. The highest BCUT2D eigenvalue weighted by atomic mass is 32.1. The summed E-state index contributed by atoms with van der Waals surface area (Å²) >= 11 is 1.66. The molecule has 1 aliphatic rings. The molecule has 1 fully saturated rings. The molecule has 1 aliphatic carbocycles. The average molecular weight is 213 g/mol. The first-order valence-electron chi connectivity index (χ1n) is 5.00. The average Bonchev–Trinajstić information content (AvgIpc) is 2.73. The number of hydrogen-bond donors (Lipinski definition) is 0. The Morgan fingerprint density at radius 1 is 1.50 bits per heavy atom. The predicted octanol–water partition coefficient (Wildman–Crippen LogP) is 3.44. The molecule has 1 aromatic heterocycles. The third-order valence-electron chi connectivity index (χ3n) is 2.80. The molecule has 1 nitrogen and oxygen atoms in total. The van der Waals surface area contributed by atoms with E-state index in [4.69, 9.17) is 0 Å². The Kier molecular flexibility index (Phi) is 2.18. The molecule has 3 heteroatoms. The van der Waals surface area contributed by atoms with Crippen molar-refractivity contribution in [3.8, 4) is 0 Å². The van der Waals surface area contributed by atoms with E-state index in [-0.39, 0.29) is 17.5 Å². The molecule has 0 aromatic carbocycles. The van der Waals surface area contributed by atoms with Crippen LogP contribution in [0.5, 0.6) is 0 Å². The minimum absolute atomic E-state index is 0.0926. The highest BCUT2D eigenvalue weighted by molar-refractivity contribution is 7.09. The van der Waals surface area contributed by atoms with Gasteiger partial charge in [-0.2, -0.15) is 0 Å². The predicted molar refractivity (Wildman–Crippen MR) is 57.7 cm³/mol. The smallest absolute Gasteiger partial charge is 0.101 e. The Balaban J connectivity index is 2.27. The van der Waals surface area contributed by atoms with Crippen LogP contribution in [0.15, 0.2) is 5.38 Å². The minimum atomic E-state index is -0.250. The number of alkyl halides is 1. The lowest BCUT2D eigenvalue weighted by molar-refractivity contribution is 0.411. The van der Waals surface area contributed by atoms with Crippen molar-refractivity contribution in [3.05, 3.63) is 16.1 Å². The van der Waals surface area contributed by atoms with Crippen molar-refractivity contribution in [1.29, 1.82) is 0 Å². The molecular formula is C11H16FNS. The first kappa shape index (κ1) is 10.1. The fourth-order valence-corrected chi connectivity index (χ4v) is 2.50. The van der Waals surface area contributed by atoms with Gasteiger partial charge in [-0.3, -0.25) is 4.39 Å². The summed E-state index contributed by atoms with van der Waals surface area (Å²) in [4.78, 5) is 4.57. The van der Waals surface area contributed by atoms with Crippen LogP contribution >= 0.6 is 11.3 Å². The van der Waals surface area contributed by atoms with Gasteiger partial charge < -0.3 is 0 Å². The molecule has 1 heterocycles. The number of hydrogen-bond acceptors (Lipinski definition) is 2. The molecule has 0 amide bonds. The van der Waals surface area contributed by atoms with Crippen molar-refractivity contribution < 1.29 is 4.39 Å². The Labute approximate surface area is 88.4 Å². The van der Waals surface area contributed by atoms with Crippen LogP contribution in [-0.2, 0) is 10.8 Å².